The molecule has 2 N–H and O–H groups in total. The van der Waals surface area contributed by atoms with Crippen LogP contribution in [0.5, 0.6) is 0 Å². The van der Waals surface area contributed by atoms with Crippen LogP contribution in [0.2, 0.25) is 10.0 Å². The second-order valence-electron chi connectivity index (χ2n) is 12.4. The van der Waals surface area contributed by atoms with E-state index in [0.717, 1.165) is 31.5 Å². The lowest BCUT2D eigenvalue weighted by atomic mass is 9.98. The fourth-order valence-corrected chi connectivity index (χ4v) is 6.14. The molecule has 3 heterocycles. The first-order valence-electron chi connectivity index (χ1n) is 14.9. The Labute approximate surface area is 275 Å². The SMILES string of the molecule is CC(C)(C)N1CCC(n2cc(C(Nc3cc(F)c4ncc(C#N)c(Nc5ccc(F)c(Cl)c5)c4c3)c3ccc(Cl)cc3)nn2)CC1. The van der Waals surface area contributed by atoms with Crippen molar-refractivity contribution in [3.8, 4) is 6.07 Å². The lowest BCUT2D eigenvalue weighted by Gasteiger charge is -2.40. The number of benzene rings is 3. The van der Waals surface area contributed by atoms with Crippen molar-refractivity contribution in [3.05, 3.63) is 105 Å². The first kappa shape index (κ1) is 31.7. The van der Waals surface area contributed by atoms with E-state index in [2.05, 4.69) is 57.7 Å². The molecule has 1 fully saturated rings. The molecule has 1 saturated heterocycles. The van der Waals surface area contributed by atoms with Crippen LogP contribution in [0.3, 0.4) is 0 Å². The minimum Gasteiger partial charge on any atom is -0.373 e. The lowest BCUT2D eigenvalue weighted by Crippen LogP contribution is -2.46. The quantitative estimate of drug-likeness (QED) is 0.180. The van der Waals surface area contributed by atoms with E-state index in [1.165, 1.54) is 30.5 Å². The second-order valence-corrected chi connectivity index (χ2v) is 13.3. The summed E-state index contributed by atoms with van der Waals surface area (Å²) < 4.78 is 31.4. The molecule has 46 heavy (non-hydrogen) atoms. The molecule has 0 aliphatic carbocycles. The average Bonchev–Trinajstić information content (AvgIpc) is 3.52. The fraction of sp³-hybridized carbons (Fsp3) is 0.294. The number of nitriles is 1. The Morgan fingerprint density at radius 3 is 2.39 bits per heavy atom. The normalized spacial score (nSPS) is 15.1. The first-order chi connectivity index (χ1) is 22.0. The van der Waals surface area contributed by atoms with Gasteiger partial charge in [-0.15, -0.1) is 5.10 Å². The topological polar surface area (TPSA) is 94.7 Å². The van der Waals surface area contributed by atoms with E-state index in [-0.39, 0.29) is 27.7 Å². The number of pyridine rings is 1. The molecule has 1 aliphatic heterocycles. The number of fused-ring (bicyclic) bond motifs is 1. The second kappa shape index (κ2) is 12.8. The standard InChI is InChI=1S/C34H32Cl2F2N8/c1-34(2,3)45-12-10-25(11-13-45)46-19-30(43-44-46)32(20-4-6-22(35)7-5-20)42-24-14-26-31(41-23-8-9-28(37)27(36)15-23)21(17-39)18-40-33(26)29(38)16-24/h4-9,14-16,18-19,25,32,42H,10-13H2,1-3H3,(H,40,41). The molecule has 12 heteroatoms. The molecule has 236 valence electrons. The van der Waals surface area contributed by atoms with E-state index in [0.29, 0.717) is 33.2 Å². The minimum absolute atomic E-state index is 0.0656. The van der Waals surface area contributed by atoms with Crippen molar-refractivity contribution in [2.24, 2.45) is 0 Å². The van der Waals surface area contributed by atoms with Crippen molar-refractivity contribution in [1.29, 1.82) is 5.26 Å². The third-order valence-corrected chi connectivity index (χ3v) is 8.90. The maximum Gasteiger partial charge on any atom is 0.151 e. The third-order valence-electron chi connectivity index (χ3n) is 8.36. The van der Waals surface area contributed by atoms with Gasteiger partial charge in [0.2, 0.25) is 0 Å². The van der Waals surface area contributed by atoms with Gasteiger partial charge in [-0.05, 0) is 81.6 Å². The fourth-order valence-electron chi connectivity index (χ4n) is 5.83. The van der Waals surface area contributed by atoms with Gasteiger partial charge >= 0.3 is 0 Å². The molecule has 1 aliphatic rings. The van der Waals surface area contributed by atoms with E-state index in [9.17, 15) is 9.65 Å². The Bertz CT molecular complexity index is 1920. The van der Waals surface area contributed by atoms with Crippen molar-refractivity contribution in [2.45, 2.75) is 51.2 Å². The summed E-state index contributed by atoms with van der Waals surface area (Å²) in [5.74, 6) is -1.17. The van der Waals surface area contributed by atoms with Crippen LogP contribution in [0.1, 0.15) is 62.5 Å². The van der Waals surface area contributed by atoms with Crippen molar-refractivity contribution < 1.29 is 8.78 Å². The van der Waals surface area contributed by atoms with Crippen LogP contribution in [-0.4, -0.2) is 43.5 Å². The van der Waals surface area contributed by atoms with Gasteiger partial charge in [0.1, 0.15) is 23.1 Å². The van der Waals surface area contributed by atoms with E-state index >= 15 is 4.39 Å². The highest BCUT2D eigenvalue weighted by molar-refractivity contribution is 6.31. The van der Waals surface area contributed by atoms with Crippen molar-refractivity contribution >= 4 is 51.2 Å². The summed E-state index contributed by atoms with van der Waals surface area (Å²) in [6, 6.07) is 16.3. The van der Waals surface area contributed by atoms with Gasteiger partial charge in [0.15, 0.2) is 5.82 Å². The van der Waals surface area contributed by atoms with Gasteiger partial charge in [-0.3, -0.25) is 9.88 Å². The summed E-state index contributed by atoms with van der Waals surface area (Å²) in [6.07, 6.45) is 5.16. The summed E-state index contributed by atoms with van der Waals surface area (Å²) >= 11 is 12.2. The molecule has 1 atom stereocenters. The van der Waals surface area contributed by atoms with Crippen molar-refractivity contribution in [2.75, 3.05) is 23.7 Å². The van der Waals surface area contributed by atoms with Crippen LogP contribution in [-0.2, 0) is 0 Å². The molecule has 2 aromatic heterocycles. The lowest BCUT2D eigenvalue weighted by molar-refractivity contribution is 0.0866. The summed E-state index contributed by atoms with van der Waals surface area (Å²) in [4.78, 5) is 6.69. The largest absolute Gasteiger partial charge is 0.373 e. The van der Waals surface area contributed by atoms with Crippen LogP contribution in [0.15, 0.2) is 67.0 Å². The highest BCUT2D eigenvalue weighted by atomic mass is 35.5. The third kappa shape index (κ3) is 6.63. The van der Waals surface area contributed by atoms with Crippen LogP contribution in [0.4, 0.5) is 25.8 Å². The molecule has 5 aromatic rings. The van der Waals surface area contributed by atoms with E-state index in [4.69, 9.17) is 23.2 Å². The van der Waals surface area contributed by atoms with Crippen LogP contribution in [0.25, 0.3) is 10.9 Å². The predicted molar refractivity (Wildman–Crippen MR) is 178 cm³/mol. The van der Waals surface area contributed by atoms with Crippen LogP contribution < -0.4 is 10.6 Å². The number of hydrogen-bond acceptors (Lipinski definition) is 7. The Morgan fingerprint density at radius 1 is 0.978 bits per heavy atom. The maximum atomic E-state index is 15.7. The zero-order valence-corrected chi connectivity index (χ0v) is 27.0. The van der Waals surface area contributed by atoms with Gasteiger partial charge in [0, 0.05) is 46.6 Å². The number of nitrogens with one attached hydrogen (secondary N) is 2. The maximum absolute atomic E-state index is 15.7. The Morgan fingerprint density at radius 2 is 1.72 bits per heavy atom. The van der Waals surface area contributed by atoms with Crippen molar-refractivity contribution in [3.63, 3.8) is 0 Å². The zero-order chi connectivity index (χ0) is 32.6. The highest BCUT2D eigenvalue weighted by Gasteiger charge is 2.29. The average molecular weight is 662 g/mol. The zero-order valence-electron chi connectivity index (χ0n) is 25.5. The number of aromatic nitrogens is 4. The number of nitrogens with zero attached hydrogens (tertiary/aromatic N) is 6. The summed E-state index contributed by atoms with van der Waals surface area (Å²) in [5, 5.41) is 26.3. The highest BCUT2D eigenvalue weighted by Crippen LogP contribution is 2.36. The van der Waals surface area contributed by atoms with Crippen LogP contribution in [0, 0.1) is 23.0 Å². The number of anilines is 3. The first-order valence-corrected chi connectivity index (χ1v) is 15.7. The number of halogens is 4. The van der Waals surface area contributed by atoms with Crippen molar-refractivity contribution in [1.82, 2.24) is 24.9 Å². The molecule has 0 spiro atoms. The number of rotatable bonds is 7. The summed E-state index contributed by atoms with van der Waals surface area (Å²) in [7, 11) is 0. The Balaban J connectivity index is 1.36. The molecule has 0 bridgehead atoms. The van der Waals surface area contributed by atoms with Gasteiger partial charge in [-0.1, -0.05) is 40.5 Å². The van der Waals surface area contributed by atoms with Gasteiger partial charge in [-0.2, -0.15) is 5.26 Å². The van der Waals surface area contributed by atoms with Gasteiger partial charge in [0.25, 0.3) is 0 Å². The van der Waals surface area contributed by atoms with Gasteiger partial charge in [0.05, 0.1) is 34.6 Å². The van der Waals surface area contributed by atoms with Gasteiger partial charge in [-0.25, -0.2) is 13.5 Å². The minimum atomic E-state index is -0.589. The molecule has 0 amide bonds. The number of piperidine rings is 1. The number of hydrogen-bond donors (Lipinski definition) is 2. The molecular weight excluding hydrogens is 629 g/mol. The molecule has 0 saturated carbocycles. The molecular formula is C34H32Cl2F2N8. The Kier molecular flexibility index (Phi) is 8.84. The van der Waals surface area contributed by atoms with Gasteiger partial charge < -0.3 is 10.6 Å². The smallest absolute Gasteiger partial charge is 0.151 e. The molecule has 0 radical (unpaired) electrons. The van der Waals surface area contributed by atoms with Crippen LogP contribution >= 0.6 is 23.2 Å². The van der Waals surface area contributed by atoms with E-state index in [1.807, 2.05) is 23.0 Å². The predicted octanol–water partition coefficient (Wildman–Crippen LogP) is 8.66. The van der Waals surface area contributed by atoms with E-state index < -0.39 is 17.7 Å². The summed E-state index contributed by atoms with van der Waals surface area (Å²) in [5.41, 5.74) is 3.03. The molecule has 1 unspecified atom stereocenters. The van der Waals surface area contributed by atoms with E-state index in [1.54, 1.807) is 18.2 Å². The molecule has 3 aromatic carbocycles. The monoisotopic (exact) mass is 660 g/mol. The number of likely N-dealkylation sites (tertiary alicyclic amines) is 1. The molecule has 6 rings (SSSR count). The Hall–Kier alpha value is -4.30. The summed E-state index contributed by atoms with van der Waals surface area (Å²) in [6.45, 7) is 8.63. The molecule has 8 nitrogen and oxygen atoms in total.